The van der Waals surface area contributed by atoms with Crippen molar-refractivity contribution < 1.29 is 4.79 Å². The lowest BCUT2D eigenvalue weighted by atomic mass is 10.1. The lowest BCUT2D eigenvalue weighted by Gasteiger charge is -2.20. The maximum Gasteiger partial charge on any atom is 0.315 e. The van der Waals surface area contributed by atoms with Crippen molar-refractivity contribution in [3.8, 4) is 0 Å². The molecule has 0 saturated carbocycles. The van der Waals surface area contributed by atoms with E-state index in [0.29, 0.717) is 6.54 Å². The zero-order valence-electron chi connectivity index (χ0n) is 12.9. The van der Waals surface area contributed by atoms with Crippen LogP contribution in [0.4, 0.5) is 4.79 Å². The Morgan fingerprint density at radius 2 is 1.90 bits per heavy atom. The van der Waals surface area contributed by atoms with Crippen LogP contribution < -0.4 is 10.6 Å². The minimum Gasteiger partial charge on any atom is -0.348 e. The number of benzene rings is 1. The van der Waals surface area contributed by atoms with Gasteiger partial charge in [-0.1, -0.05) is 18.2 Å². The summed E-state index contributed by atoms with van der Waals surface area (Å²) in [5.41, 5.74) is 3.32. The molecule has 0 atom stereocenters. The fourth-order valence-corrected chi connectivity index (χ4v) is 2.38. The number of rotatable bonds is 2. The molecular weight excluding hydrogens is 250 g/mol. The molecule has 0 aliphatic carbocycles. The smallest absolute Gasteiger partial charge is 0.315 e. The van der Waals surface area contributed by atoms with E-state index in [9.17, 15) is 4.79 Å². The summed E-state index contributed by atoms with van der Waals surface area (Å²) in [5, 5.41) is 7.04. The first-order valence-electron chi connectivity index (χ1n) is 6.88. The van der Waals surface area contributed by atoms with Crippen molar-refractivity contribution in [2.45, 2.75) is 39.8 Å². The van der Waals surface area contributed by atoms with Crippen molar-refractivity contribution in [3.63, 3.8) is 0 Å². The van der Waals surface area contributed by atoms with Gasteiger partial charge in [0.2, 0.25) is 0 Å². The van der Waals surface area contributed by atoms with E-state index < -0.39 is 0 Å². The Balaban J connectivity index is 2.18. The summed E-state index contributed by atoms with van der Waals surface area (Å²) >= 11 is 0. The maximum atomic E-state index is 11.9. The van der Waals surface area contributed by atoms with Crippen molar-refractivity contribution in [1.82, 2.24) is 15.2 Å². The molecule has 2 N–H and O–H groups in total. The van der Waals surface area contributed by atoms with E-state index in [4.69, 9.17) is 0 Å². The fraction of sp³-hybridized carbons (Fsp3) is 0.438. The van der Waals surface area contributed by atoms with Gasteiger partial charge in [0.25, 0.3) is 0 Å². The van der Waals surface area contributed by atoms with Crippen molar-refractivity contribution >= 4 is 16.9 Å². The van der Waals surface area contributed by atoms with E-state index in [0.717, 1.165) is 0 Å². The molecular formula is C16H23N3O. The standard InChI is InChI=1S/C16H23N3O/c1-11-13(10-17-15(20)18-16(2,3)4)12-8-6-7-9-14(12)19(11)5/h6-9H,10H2,1-5H3,(H2,17,18,20). The largest absolute Gasteiger partial charge is 0.348 e. The summed E-state index contributed by atoms with van der Waals surface area (Å²) < 4.78 is 2.16. The Morgan fingerprint density at radius 1 is 1.25 bits per heavy atom. The third kappa shape index (κ3) is 2.95. The average Bonchev–Trinajstić information content (AvgIpc) is 2.59. The monoisotopic (exact) mass is 273 g/mol. The first-order chi connectivity index (χ1) is 9.29. The number of hydrogen-bond acceptors (Lipinski definition) is 1. The quantitative estimate of drug-likeness (QED) is 0.868. The molecule has 4 nitrogen and oxygen atoms in total. The molecule has 0 fully saturated rings. The fourth-order valence-electron chi connectivity index (χ4n) is 2.38. The highest BCUT2D eigenvalue weighted by Crippen LogP contribution is 2.24. The van der Waals surface area contributed by atoms with Crippen LogP contribution in [0.25, 0.3) is 10.9 Å². The summed E-state index contributed by atoms with van der Waals surface area (Å²) in [4.78, 5) is 11.9. The number of aromatic nitrogens is 1. The zero-order valence-corrected chi connectivity index (χ0v) is 12.9. The number of carbonyl (C=O) groups excluding carboxylic acids is 1. The Hall–Kier alpha value is -1.97. The van der Waals surface area contributed by atoms with Crippen LogP contribution in [-0.2, 0) is 13.6 Å². The lowest BCUT2D eigenvalue weighted by Crippen LogP contribution is -2.46. The topological polar surface area (TPSA) is 46.1 Å². The van der Waals surface area contributed by atoms with Crippen molar-refractivity contribution in [3.05, 3.63) is 35.5 Å². The van der Waals surface area contributed by atoms with Gasteiger partial charge in [0.05, 0.1) is 0 Å². The minimum atomic E-state index is -0.224. The van der Waals surface area contributed by atoms with Crippen LogP contribution in [0.2, 0.25) is 0 Å². The maximum absolute atomic E-state index is 11.9. The second kappa shape index (κ2) is 5.19. The molecule has 0 unspecified atom stereocenters. The number of hydrogen-bond donors (Lipinski definition) is 2. The molecule has 20 heavy (non-hydrogen) atoms. The summed E-state index contributed by atoms with van der Waals surface area (Å²) in [6.45, 7) is 8.52. The van der Waals surface area contributed by atoms with Crippen LogP contribution in [0, 0.1) is 6.92 Å². The molecule has 0 spiro atoms. The number of nitrogens with zero attached hydrogens (tertiary/aromatic N) is 1. The summed E-state index contributed by atoms with van der Waals surface area (Å²) in [5.74, 6) is 0. The van der Waals surface area contributed by atoms with E-state index in [1.807, 2.05) is 32.9 Å². The van der Waals surface area contributed by atoms with Gasteiger partial charge in [0.15, 0.2) is 0 Å². The number of urea groups is 1. The molecule has 1 aromatic carbocycles. The second-order valence-electron chi connectivity index (χ2n) is 6.20. The van der Waals surface area contributed by atoms with Gasteiger partial charge in [0.1, 0.15) is 0 Å². The summed E-state index contributed by atoms with van der Waals surface area (Å²) in [6.07, 6.45) is 0. The molecule has 2 rings (SSSR count). The van der Waals surface area contributed by atoms with Crippen LogP contribution in [0.5, 0.6) is 0 Å². The molecule has 0 saturated heterocycles. The van der Waals surface area contributed by atoms with Crippen molar-refractivity contribution in [1.29, 1.82) is 0 Å². The molecule has 1 aromatic heterocycles. The Morgan fingerprint density at radius 3 is 2.55 bits per heavy atom. The SMILES string of the molecule is Cc1c(CNC(=O)NC(C)(C)C)c2ccccc2n1C. The number of amides is 2. The number of carbonyl (C=O) groups is 1. The van der Waals surface area contributed by atoms with Gasteiger partial charge in [-0.15, -0.1) is 0 Å². The van der Waals surface area contributed by atoms with E-state index in [1.165, 1.54) is 22.2 Å². The lowest BCUT2D eigenvalue weighted by molar-refractivity contribution is 0.231. The molecule has 0 aliphatic rings. The van der Waals surface area contributed by atoms with Gasteiger partial charge in [-0.05, 0) is 39.3 Å². The van der Waals surface area contributed by atoms with Gasteiger partial charge in [-0.3, -0.25) is 0 Å². The van der Waals surface area contributed by atoms with Crippen LogP contribution in [0.1, 0.15) is 32.0 Å². The molecule has 2 aromatic rings. The van der Waals surface area contributed by atoms with Crippen LogP contribution in [0.15, 0.2) is 24.3 Å². The predicted molar refractivity (Wildman–Crippen MR) is 82.8 cm³/mol. The van der Waals surface area contributed by atoms with Gasteiger partial charge < -0.3 is 15.2 Å². The normalized spacial score (nSPS) is 11.7. The average molecular weight is 273 g/mol. The number of nitrogens with one attached hydrogen (secondary N) is 2. The Bertz CT molecular complexity index is 635. The highest BCUT2D eigenvalue weighted by Gasteiger charge is 2.15. The highest BCUT2D eigenvalue weighted by atomic mass is 16.2. The van der Waals surface area contributed by atoms with Gasteiger partial charge in [-0.25, -0.2) is 4.79 Å². The van der Waals surface area contributed by atoms with Crippen molar-refractivity contribution in [2.75, 3.05) is 0 Å². The third-order valence-corrected chi connectivity index (χ3v) is 3.44. The second-order valence-corrected chi connectivity index (χ2v) is 6.20. The van der Waals surface area contributed by atoms with E-state index in [-0.39, 0.29) is 11.6 Å². The van der Waals surface area contributed by atoms with Crippen LogP contribution in [-0.4, -0.2) is 16.1 Å². The minimum absolute atomic E-state index is 0.134. The molecule has 2 amide bonds. The predicted octanol–water partition coefficient (Wildman–Crippen LogP) is 3.08. The van der Waals surface area contributed by atoms with E-state index >= 15 is 0 Å². The zero-order chi connectivity index (χ0) is 14.9. The first-order valence-corrected chi connectivity index (χ1v) is 6.88. The van der Waals surface area contributed by atoms with Crippen molar-refractivity contribution in [2.24, 2.45) is 7.05 Å². The van der Waals surface area contributed by atoms with E-state index in [1.54, 1.807) is 0 Å². The van der Waals surface area contributed by atoms with Crippen LogP contribution >= 0.6 is 0 Å². The number of para-hydroxylation sites is 1. The van der Waals surface area contributed by atoms with Crippen LogP contribution in [0.3, 0.4) is 0 Å². The Kier molecular flexibility index (Phi) is 3.75. The molecule has 4 heteroatoms. The van der Waals surface area contributed by atoms with Gasteiger partial charge in [-0.2, -0.15) is 0 Å². The van der Waals surface area contributed by atoms with Gasteiger partial charge >= 0.3 is 6.03 Å². The Labute approximate surface area is 120 Å². The molecule has 1 heterocycles. The highest BCUT2D eigenvalue weighted by molar-refractivity contribution is 5.86. The molecule has 0 radical (unpaired) electrons. The summed E-state index contributed by atoms with van der Waals surface area (Å²) in [6, 6.07) is 8.12. The molecule has 0 bridgehead atoms. The van der Waals surface area contributed by atoms with Gasteiger partial charge in [0, 0.05) is 35.7 Å². The number of aryl methyl sites for hydroxylation is 1. The third-order valence-electron chi connectivity index (χ3n) is 3.44. The number of fused-ring (bicyclic) bond motifs is 1. The molecule has 0 aliphatic heterocycles. The van der Waals surface area contributed by atoms with E-state index in [2.05, 4.69) is 41.3 Å². The summed E-state index contributed by atoms with van der Waals surface area (Å²) in [7, 11) is 2.05. The molecule has 108 valence electrons. The first kappa shape index (κ1) is 14.4.